The number of nitriles is 1. The Labute approximate surface area is 366 Å². The van der Waals surface area contributed by atoms with Crippen LogP contribution in [0.3, 0.4) is 0 Å². The second-order valence-electron chi connectivity index (χ2n) is 17.8. The first-order valence-corrected chi connectivity index (χ1v) is 19.8. The Morgan fingerprint density at radius 1 is 0.678 bits per heavy atom. The van der Waals surface area contributed by atoms with Crippen LogP contribution in [0.2, 0.25) is 0 Å². The van der Waals surface area contributed by atoms with Gasteiger partial charge in [-0.2, -0.15) is 5.26 Å². The fourth-order valence-electron chi connectivity index (χ4n) is 7.01. The standard InChI is InChI=1S/C35H27N2O.C19H24N.Ir/c1-35(2,3)21-26-16-18-28(30-11-7-8-20-37-30)33-32(26)29-19-17-27(22-36)31(34(29)38-33)25-14-12-24(13-15-25)23-9-5-4-6-10-23;1-18(2,3)15-9-7-8-14(12-15)17-11-10-16(13-20-17)19(4,5)6;/h4-17,19-20H,21H2,1-3H3;7,9-13H,1-6H3;/q2*-1;/i21D2;;. The van der Waals surface area contributed by atoms with Crippen LogP contribution in [0.25, 0.3) is 66.7 Å². The summed E-state index contributed by atoms with van der Waals surface area (Å²) in [7, 11) is 0. The van der Waals surface area contributed by atoms with Crippen LogP contribution < -0.4 is 0 Å². The molecule has 0 N–H and O–H groups in total. The molecule has 0 fully saturated rings. The van der Waals surface area contributed by atoms with Crippen LogP contribution >= 0.6 is 0 Å². The molecule has 4 nitrogen and oxygen atoms in total. The van der Waals surface area contributed by atoms with Gasteiger partial charge in [0.15, 0.2) is 0 Å². The van der Waals surface area contributed by atoms with Gasteiger partial charge < -0.3 is 14.4 Å². The summed E-state index contributed by atoms with van der Waals surface area (Å²) in [5.41, 5.74) is 11.3. The zero-order valence-electron chi connectivity index (χ0n) is 37.3. The first-order valence-electron chi connectivity index (χ1n) is 20.8. The number of fused-ring (bicyclic) bond motifs is 3. The molecule has 0 aliphatic heterocycles. The predicted octanol–water partition coefficient (Wildman–Crippen LogP) is 14.4. The largest absolute Gasteiger partial charge is 0.500 e. The van der Waals surface area contributed by atoms with E-state index in [4.69, 9.17) is 7.16 Å². The van der Waals surface area contributed by atoms with E-state index in [1.807, 2.05) is 99.8 Å². The minimum absolute atomic E-state index is 0. The number of nitrogens with zero attached hydrogens (tertiary/aromatic N) is 3. The third-order valence-electron chi connectivity index (χ3n) is 10.1. The van der Waals surface area contributed by atoms with E-state index in [0.717, 1.165) is 33.3 Å². The van der Waals surface area contributed by atoms with Gasteiger partial charge in [0, 0.05) is 46.2 Å². The van der Waals surface area contributed by atoms with Crippen LogP contribution in [-0.4, -0.2) is 9.97 Å². The van der Waals surface area contributed by atoms with Crippen LogP contribution in [0.1, 0.15) is 87.3 Å². The number of hydrogen-bond donors (Lipinski definition) is 0. The van der Waals surface area contributed by atoms with Crippen molar-refractivity contribution in [1.82, 2.24) is 9.97 Å². The first-order chi connectivity index (χ1) is 28.4. The van der Waals surface area contributed by atoms with Gasteiger partial charge in [0.2, 0.25) is 0 Å². The zero-order valence-corrected chi connectivity index (χ0v) is 37.7. The van der Waals surface area contributed by atoms with Crippen molar-refractivity contribution in [3.05, 3.63) is 168 Å². The van der Waals surface area contributed by atoms with Crippen molar-refractivity contribution in [3.8, 4) is 50.8 Å². The molecule has 8 aromatic rings. The van der Waals surface area contributed by atoms with Crippen molar-refractivity contribution in [1.29, 1.82) is 5.26 Å². The van der Waals surface area contributed by atoms with Crippen LogP contribution in [0.15, 0.2) is 138 Å². The monoisotopic (exact) mass is 952 g/mol. The van der Waals surface area contributed by atoms with E-state index in [0.29, 0.717) is 44.5 Å². The summed E-state index contributed by atoms with van der Waals surface area (Å²) in [6.45, 7) is 19.0. The molecule has 0 spiro atoms. The molecule has 0 saturated carbocycles. The molecular formula is C54H51IrN3O-2. The molecule has 8 rings (SSSR count). The molecule has 3 aromatic heterocycles. The smallest absolute Gasteiger partial charge is 0.130 e. The molecule has 0 aliphatic rings. The van der Waals surface area contributed by atoms with Crippen molar-refractivity contribution < 1.29 is 27.3 Å². The number of rotatable bonds is 5. The predicted molar refractivity (Wildman–Crippen MR) is 240 cm³/mol. The molecule has 5 aromatic carbocycles. The van der Waals surface area contributed by atoms with E-state index in [9.17, 15) is 5.26 Å². The van der Waals surface area contributed by atoms with Crippen molar-refractivity contribution in [2.24, 2.45) is 5.41 Å². The number of aromatic nitrogens is 2. The Hall–Kier alpha value is -5.66. The Morgan fingerprint density at radius 3 is 1.97 bits per heavy atom. The van der Waals surface area contributed by atoms with Gasteiger partial charge in [-0.05, 0) is 62.0 Å². The van der Waals surface area contributed by atoms with E-state index < -0.39 is 11.8 Å². The number of pyridine rings is 2. The molecule has 0 aliphatic carbocycles. The first kappa shape index (κ1) is 40.1. The summed E-state index contributed by atoms with van der Waals surface area (Å²) >= 11 is 0. The van der Waals surface area contributed by atoms with Gasteiger partial charge in [-0.1, -0.05) is 165 Å². The maximum atomic E-state index is 10.1. The molecule has 1 radical (unpaired) electrons. The fraction of sp³-hybridized carbons (Fsp3) is 0.241. The molecule has 5 heteroatoms. The summed E-state index contributed by atoms with van der Waals surface area (Å²) in [5.74, 6) is 0. The summed E-state index contributed by atoms with van der Waals surface area (Å²) in [4.78, 5) is 9.13. The van der Waals surface area contributed by atoms with Gasteiger partial charge in [0.05, 0.1) is 17.2 Å². The number of furan rings is 1. The van der Waals surface area contributed by atoms with Crippen molar-refractivity contribution >= 4 is 21.9 Å². The minimum Gasteiger partial charge on any atom is -0.500 e. The SMILES string of the molecule is CC(C)(C)c1ccc(-c2[c-]ccc(C(C)(C)C)c2)nc1.[2H]C([2H])(c1c[c-]c(-c2ccccn2)c2oc3c(-c4ccc(-c5ccccc5)cc4)c(C#N)ccc3c12)C(C)(C)C.[Ir]. The molecule has 0 amide bonds. The van der Waals surface area contributed by atoms with Crippen LogP contribution in [0.4, 0.5) is 0 Å². The zero-order chi connectivity index (χ0) is 43.0. The van der Waals surface area contributed by atoms with Crippen molar-refractivity contribution in [2.75, 3.05) is 0 Å². The third kappa shape index (κ3) is 9.63. The van der Waals surface area contributed by atoms with Gasteiger partial charge in [0.25, 0.3) is 0 Å². The Balaban J connectivity index is 0.000000250. The van der Waals surface area contributed by atoms with Gasteiger partial charge in [-0.3, -0.25) is 0 Å². The summed E-state index contributed by atoms with van der Waals surface area (Å²) in [6, 6.07) is 48.8. The molecule has 3 heterocycles. The summed E-state index contributed by atoms with van der Waals surface area (Å²) in [6.07, 6.45) is 2.01. The molecule has 0 unspecified atom stereocenters. The van der Waals surface area contributed by atoms with Gasteiger partial charge in [0.1, 0.15) is 5.58 Å². The van der Waals surface area contributed by atoms with Crippen LogP contribution in [-0.2, 0) is 37.3 Å². The van der Waals surface area contributed by atoms with Gasteiger partial charge in [-0.15, -0.1) is 53.1 Å². The Kier molecular flexibility index (Phi) is 11.8. The average molecular weight is 952 g/mol. The average Bonchev–Trinajstić information content (AvgIpc) is 3.63. The third-order valence-corrected chi connectivity index (χ3v) is 10.1. The second-order valence-corrected chi connectivity index (χ2v) is 17.8. The fourth-order valence-corrected chi connectivity index (χ4v) is 7.01. The minimum atomic E-state index is -1.69. The topological polar surface area (TPSA) is 62.7 Å². The van der Waals surface area contributed by atoms with E-state index >= 15 is 0 Å². The summed E-state index contributed by atoms with van der Waals surface area (Å²) in [5, 5.41) is 11.5. The molecule has 0 bridgehead atoms. The maximum absolute atomic E-state index is 10.1. The van der Waals surface area contributed by atoms with E-state index in [-0.39, 0.29) is 30.9 Å². The molecule has 299 valence electrons. The Morgan fingerprint density at radius 2 is 1.36 bits per heavy atom. The number of benzene rings is 5. The summed E-state index contributed by atoms with van der Waals surface area (Å²) < 4.78 is 24.9. The van der Waals surface area contributed by atoms with Crippen LogP contribution in [0, 0.1) is 28.9 Å². The molecule has 0 saturated heterocycles. The molecule has 59 heavy (non-hydrogen) atoms. The van der Waals surface area contributed by atoms with Gasteiger partial charge >= 0.3 is 0 Å². The molecule has 0 atom stereocenters. The molecular weight excluding hydrogens is 899 g/mol. The quantitative estimate of drug-likeness (QED) is 0.161. The number of hydrogen-bond acceptors (Lipinski definition) is 4. The van der Waals surface area contributed by atoms with Crippen molar-refractivity contribution in [2.45, 2.75) is 79.5 Å². The van der Waals surface area contributed by atoms with Crippen molar-refractivity contribution in [3.63, 3.8) is 0 Å². The Bertz CT molecular complexity index is 2820. The van der Waals surface area contributed by atoms with Crippen LogP contribution in [0.5, 0.6) is 0 Å². The maximum Gasteiger partial charge on any atom is 0.130 e. The normalized spacial score (nSPS) is 12.5. The van der Waals surface area contributed by atoms with Gasteiger partial charge in [-0.25, -0.2) is 0 Å². The second kappa shape index (κ2) is 17.3. The van der Waals surface area contributed by atoms with E-state index in [1.165, 1.54) is 11.1 Å². The van der Waals surface area contributed by atoms with E-state index in [2.05, 4.69) is 106 Å². The van der Waals surface area contributed by atoms with E-state index in [1.54, 1.807) is 18.3 Å².